The SMILES string of the molecule is Cc1cc(C)n(C[C@@H]2CCCN2C(=O)c2cccc3c2OCCO3)n1. The Morgan fingerprint density at radius 1 is 1.28 bits per heavy atom. The molecule has 3 heterocycles. The summed E-state index contributed by atoms with van der Waals surface area (Å²) in [6.45, 7) is 6.56. The molecule has 6 nitrogen and oxygen atoms in total. The van der Waals surface area contributed by atoms with Gasteiger partial charge in [-0.25, -0.2) is 0 Å². The summed E-state index contributed by atoms with van der Waals surface area (Å²) < 4.78 is 13.3. The minimum absolute atomic E-state index is 0.0198. The molecular weight excluding hydrogens is 318 g/mol. The molecule has 2 aromatic rings. The molecule has 25 heavy (non-hydrogen) atoms. The summed E-state index contributed by atoms with van der Waals surface area (Å²) in [4.78, 5) is 15.1. The molecular formula is C19H23N3O3. The Labute approximate surface area is 147 Å². The molecule has 6 heteroatoms. The van der Waals surface area contributed by atoms with E-state index in [0.717, 1.165) is 37.3 Å². The summed E-state index contributed by atoms with van der Waals surface area (Å²) in [5, 5.41) is 4.54. The van der Waals surface area contributed by atoms with Crippen LogP contribution in [0.15, 0.2) is 24.3 Å². The van der Waals surface area contributed by atoms with Gasteiger partial charge in [0.05, 0.1) is 23.8 Å². The first-order valence-electron chi connectivity index (χ1n) is 8.84. The van der Waals surface area contributed by atoms with E-state index < -0.39 is 0 Å². The molecule has 0 aliphatic carbocycles. The van der Waals surface area contributed by atoms with Crippen LogP contribution < -0.4 is 9.47 Å². The van der Waals surface area contributed by atoms with Crippen molar-refractivity contribution in [3.63, 3.8) is 0 Å². The molecule has 4 rings (SSSR count). The van der Waals surface area contributed by atoms with Crippen LogP contribution >= 0.6 is 0 Å². The predicted molar refractivity (Wildman–Crippen MR) is 93.2 cm³/mol. The number of amides is 1. The van der Waals surface area contributed by atoms with E-state index in [9.17, 15) is 4.79 Å². The van der Waals surface area contributed by atoms with Gasteiger partial charge in [-0.3, -0.25) is 9.48 Å². The first-order valence-corrected chi connectivity index (χ1v) is 8.84. The van der Waals surface area contributed by atoms with Gasteiger partial charge >= 0.3 is 0 Å². The molecule has 0 unspecified atom stereocenters. The highest BCUT2D eigenvalue weighted by Crippen LogP contribution is 2.35. The molecule has 0 saturated carbocycles. The van der Waals surface area contributed by atoms with E-state index >= 15 is 0 Å². The monoisotopic (exact) mass is 341 g/mol. The Balaban J connectivity index is 1.58. The van der Waals surface area contributed by atoms with Crippen LogP contribution in [0.5, 0.6) is 11.5 Å². The second-order valence-corrected chi connectivity index (χ2v) is 6.73. The van der Waals surface area contributed by atoms with Crippen LogP contribution in [0.3, 0.4) is 0 Å². The average molecular weight is 341 g/mol. The zero-order valence-corrected chi connectivity index (χ0v) is 14.7. The minimum atomic E-state index is 0.0198. The van der Waals surface area contributed by atoms with Crippen LogP contribution in [-0.2, 0) is 6.54 Å². The van der Waals surface area contributed by atoms with Crippen molar-refractivity contribution in [3.05, 3.63) is 41.2 Å². The summed E-state index contributed by atoms with van der Waals surface area (Å²) in [7, 11) is 0. The van der Waals surface area contributed by atoms with E-state index in [1.165, 1.54) is 0 Å². The summed E-state index contributed by atoms with van der Waals surface area (Å²) in [5.41, 5.74) is 2.74. The van der Waals surface area contributed by atoms with Crippen LogP contribution in [0.25, 0.3) is 0 Å². The second-order valence-electron chi connectivity index (χ2n) is 6.73. The number of likely N-dealkylation sites (tertiary alicyclic amines) is 1. The summed E-state index contributed by atoms with van der Waals surface area (Å²) in [6.07, 6.45) is 2.01. The van der Waals surface area contributed by atoms with Crippen LogP contribution in [0, 0.1) is 13.8 Å². The molecule has 2 aliphatic rings. The number of fused-ring (bicyclic) bond motifs is 1. The third-order valence-corrected chi connectivity index (χ3v) is 4.92. The Morgan fingerprint density at radius 2 is 2.12 bits per heavy atom. The molecule has 132 valence electrons. The fourth-order valence-electron chi connectivity index (χ4n) is 3.75. The third-order valence-electron chi connectivity index (χ3n) is 4.92. The van der Waals surface area contributed by atoms with Gasteiger partial charge in [-0.05, 0) is 44.9 Å². The molecule has 1 atom stereocenters. The summed E-state index contributed by atoms with van der Waals surface area (Å²) in [6, 6.07) is 7.76. The van der Waals surface area contributed by atoms with Gasteiger partial charge in [-0.2, -0.15) is 5.10 Å². The zero-order valence-electron chi connectivity index (χ0n) is 14.7. The third kappa shape index (κ3) is 2.97. The molecule has 0 radical (unpaired) electrons. The van der Waals surface area contributed by atoms with Gasteiger partial charge < -0.3 is 14.4 Å². The maximum absolute atomic E-state index is 13.2. The maximum atomic E-state index is 13.2. The highest BCUT2D eigenvalue weighted by atomic mass is 16.6. The number of benzene rings is 1. The van der Waals surface area contributed by atoms with Crippen LogP contribution in [0.1, 0.15) is 34.6 Å². The Morgan fingerprint density at radius 3 is 2.92 bits per heavy atom. The predicted octanol–water partition coefficient (Wildman–Crippen LogP) is 2.58. The van der Waals surface area contributed by atoms with Crippen molar-refractivity contribution in [2.45, 2.75) is 39.3 Å². The smallest absolute Gasteiger partial charge is 0.258 e. The van der Waals surface area contributed by atoms with Crippen LogP contribution in [-0.4, -0.2) is 46.4 Å². The average Bonchev–Trinajstić information content (AvgIpc) is 3.20. The number of hydrogen-bond acceptors (Lipinski definition) is 4. The molecule has 1 aromatic heterocycles. The number of para-hydroxylation sites is 1. The second kappa shape index (κ2) is 6.43. The van der Waals surface area contributed by atoms with Crippen molar-refractivity contribution in [2.24, 2.45) is 0 Å². The van der Waals surface area contributed by atoms with Gasteiger partial charge in [0.15, 0.2) is 11.5 Å². The number of carbonyl (C=O) groups excluding carboxylic acids is 1. The Kier molecular flexibility index (Phi) is 4.11. The molecule has 0 bridgehead atoms. The van der Waals surface area contributed by atoms with Gasteiger partial charge in [0.1, 0.15) is 13.2 Å². The normalized spacial score (nSPS) is 19.3. The van der Waals surface area contributed by atoms with Crippen molar-refractivity contribution in [2.75, 3.05) is 19.8 Å². The largest absolute Gasteiger partial charge is 0.486 e. The van der Waals surface area contributed by atoms with E-state index in [-0.39, 0.29) is 11.9 Å². The number of carbonyl (C=O) groups is 1. The van der Waals surface area contributed by atoms with Crippen LogP contribution in [0.4, 0.5) is 0 Å². The van der Waals surface area contributed by atoms with Crippen LogP contribution in [0.2, 0.25) is 0 Å². The first kappa shape index (κ1) is 16.0. The van der Waals surface area contributed by atoms with Gasteiger partial charge in [-0.1, -0.05) is 6.07 Å². The number of aromatic nitrogens is 2. The molecule has 1 fully saturated rings. The molecule has 1 saturated heterocycles. The molecule has 1 amide bonds. The van der Waals surface area contributed by atoms with Crippen molar-refractivity contribution >= 4 is 5.91 Å². The number of aryl methyl sites for hydroxylation is 2. The lowest BCUT2D eigenvalue weighted by Crippen LogP contribution is -2.38. The minimum Gasteiger partial charge on any atom is -0.486 e. The van der Waals surface area contributed by atoms with E-state index in [1.54, 1.807) is 0 Å². The first-order chi connectivity index (χ1) is 12.1. The van der Waals surface area contributed by atoms with Gasteiger partial charge in [0, 0.05) is 12.2 Å². The fraction of sp³-hybridized carbons (Fsp3) is 0.474. The lowest BCUT2D eigenvalue weighted by atomic mass is 10.1. The van der Waals surface area contributed by atoms with Crippen molar-refractivity contribution in [3.8, 4) is 11.5 Å². The standard InChI is InChI=1S/C19H23N3O3/c1-13-11-14(2)22(20-13)12-15-5-4-8-21(15)19(23)16-6-3-7-17-18(16)25-10-9-24-17/h3,6-7,11,15H,4-5,8-10,12H2,1-2H3/t15-/m0/s1. The quantitative estimate of drug-likeness (QED) is 0.861. The Hall–Kier alpha value is -2.50. The lowest BCUT2D eigenvalue weighted by molar-refractivity contribution is 0.0710. The number of hydrogen-bond donors (Lipinski definition) is 0. The highest BCUT2D eigenvalue weighted by Gasteiger charge is 2.32. The highest BCUT2D eigenvalue weighted by molar-refractivity contribution is 5.98. The van der Waals surface area contributed by atoms with Crippen molar-refractivity contribution in [1.82, 2.24) is 14.7 Å². The topological polar surface area (TPSA) is 56.6 Å². The summed E-state index contributed by atoms with van der Waals surface area (Å²) in [5.74, 6) is 1.26. The number of rotatable bonds is 3. The molecule has 0 spiro atoms. The maximum Gasteiger partial charge on any atom is 0.258 e. The summed E-state index contributed by atoms with van der Waals surface area (Å²) >= 11 is 0. The lowest BCUT2D eigenvalue weighted by Gasteiger charge is -2.27. The number of nitrogens with zero attached hydrogens (tertiary/aromatic N) is 3. The van der Waals surface area contributed by atoms with E-state index in [4.69, 9.17) is 9.47 Å². The van der Waals surface area contributed by atoms with E-state index in [1.807, 2.05) is 34.7 Å². The molecule has 1 aromatic carbocycles. The molecule has 0 N–H and O–H groups in total. The zero-order chi connectivity index (χ0) is 17.4. The van der Waals surface area contributed by atoms with Crippen molar-refractivity contribution < 1.29 is 14.3 Å². The Bertz CT molecular complexity index is 799. The fourth-order valence-corrected chi connectivity index (χ4v) is 3.75. The van der Waals surface area contributed by atoms with Gasteiger partial charge in [-0.15, -0.1) is 0 Å². The van der Waals surface area contributed by atoms with E-state index in [2.05, 4.69) is 18.1 Å². The number of ether oxygens (including phenoxy) is 2. The van der Waals surface area contributed by atoms with E-state index in [0.29, 0.717) is 30.3 Å². The van der Waals surface area contributed by atoms with Crippen molar-refractivity contribution in [1.29, 1.82) is 0 Å². The van der Waals surface area contributed by atoms with Gasteiger partial charge in [0.25, 0.3) is 5.91 Å². The van der Waals surface area contributed by atoms with Gasteiger partial charge in [0.2, 0.25) is 0 Å². The molecule has 2 aliphatic heterocycles.